The Bertz CT molecular complexity index is 2090. The van der Waals surface area contributed by atoms with Crippen LogP contribution in [0.4, 0.5) is 0 Å². The van der Waals surface area contributed by atoms with Gasteiger partial charge in [-0.15, -0.1) is 40.8 Å². The van der Waals surface area contributed by atoms with Crippen LogP contribution in [0.15, 0.2) is 103 Å². The van der Waals surface area contributed by atoms with Gasteiger partial charge in [0, 0.05) is 23.2 Å². The first-order valence-electron chi connectivity index (χ1n) is 14.1. The summed E-state index contributed by atoms with van der Waals surface area (Å²) in [6.07, 6.45) is 2.53. The molecule has 0 fully saturated rings. The van der Waals surface area contributed by atoms with E-state index in [4.69, 9.17) is 14.6 Å². The van der Waals surface area contributed by atoms with Gasteiger partial charge < -0.3 is 14.0 Å². The van der Waals surface area contributed by atoms with Crippen molar-refractivity contribution in [2.75, 3.05) is 12.9 Å². The Hall–Kier alpha value is -4.32. The molecule has 0 aliphatic rings. The number of para-hydroxylation sites is 1. The molecule has 0 atom stereocenters. The summed E-state index contributed by atoms with van der Waals surface area (Å²) in [6.45, 7) is 2.07. The largest absolute Gasteiger partial charge is 2.00 e. The molecule has 7 aromatic rings. The molecular weight excluding hydrogens is 748 g/mol. The molecule has 0 aliphatic carbocycles. The van der Waals surface area contributed by atoms with Gasteiger partial charge in [-0.05, 0) is 59.5 Å². The van der Waals surface area contributed by atoms with Gasteiger partial charge in [0.2, 0.25) is 5.88 Å². The minimum atomic E-state index is 0. The molecule has 3 heterocycles. The van der Waals surface area contributed by atoms with Gasteiger partial charge in [-0.3, -0.25) is 4.68 Å². The number of thiol groups is 1. The normalized spacial score (nSPS) is 11.1. The number of fused-ring (bicyclic) bond motifs is 3. The number of pyridine rings is 1. The average molecular weight is 776 g/mol. The molecule has 0 radical (unpaired) electrons. The number of benzene rings is 4. The molecule has 7 rings (SSSR count). The molecule has 6 nitrogen and oxygen atoms in total. The molecule has 8 heteroatoms. The van der Waals surface area contributed by atoms with E-state index in [0.29, 0.717) is 29.6 Å². The molecule has 0 spiro atoms. The number of hydrogen-bond donors (Lipinski definition) is 1. The summed E-state index contributed by atoms with van der Waals surface area (Å²) >= 11 is 4.54. The van der Waals surface area contributed by atoms with E-state index in [9.17, 15) is 0 Å². The number of hydrogen-bond acceptors (Lipinski definition) is 5. The van der Waals surface area contributed by atoms with Gasteiger partial charge in [0.15, 0.2) is 0 Å². The Morgan fingerprint density at radius 1 is 0.841 bits per heavy atom. The number of aryl methyl sites for hydroxylation is 1. The SMILES string of the molecule is COc1nn(-c2[c-]c(Oc3[c-]c4c(cc3)c3ccccc3n4-c3cc(C)ccn3)ccc2)c(CCS)c1-c1ccccc1.[Pt+2]. The summed E-state index contributed by atoms with van der Waals surface area (Å²) in [6, 6.07) is 39.3. The fourth-order valence-electron chi connectivity index (χ4n) is 5.56. The van der Waals surface area contributed by atoms with Crippen molar-refractivity contribution in [1.29, 1.82) is 0 Å². The van der Waals surface area contributed by atoms with Crippen molar-refractivity contribution < 1.29 is 30.5 Å². The number of methoxy groups -OCH3 is 1. The van der Waals surface area contributed by atoms with Crippen LogP contribution in [0, 0.1) is 19.1 Å². The van der Waals surface area contributed by atoms with Crippen molar-refractivity contribution in [3.63, 3.8) is 0 Å². The zero-order valence-corrected chi connectivity index (χ0v) is 27.3. The standard InChI is InChI=1S/C36H28N4O2S.Pt/c1-24-17-19-37-34(21-24)39-31-14-7-6-13-29(31)30-16-15-28(23-33(30)39)42-27-12-8-11-26(22-27)40-32(18-20-43)35(36(38-40)41-2)25-9-4-3-5-10-25;/h3-17,19,21,43H,18,20H2,1-2H3;/q-2;+2. The monoisotopic (exact) mass is 775 g/mol. The zero-order chi connectivity index (χ0) is 29.3. The Kier molecular flexibility index (Phi) is 8.60. The van der Waals surface area contributed by atoms with Gasteiger partial charge in [-0.25, -0.2) is 4.98 Å². The van der Waals surface area contributed by atoms with Crippen LogP contribution in [0.25, 0.3) is 44.4 Å². The predicted octanol–water partition coefficient (Wildman–Crippen LogP) is 8.21. The van der Waals surface area contributed by atoms with Crippen LogP contribution in [0.3, 0.4) is 0 Å². The van der Waals surface area contributed by atoms with Gasteiger partial charge >= 0.3 is 21.1 Å². The molecule has 0 bridgehead atoms. The van der Waals surface area contributed by atoms with Gasteiger partial charge in [0.05, 0.1) is 18.4 Å². The maximum atomic E-state index is 6.37. The zero-order valence-electron chi connectivity index (χ0n) is 24.1. The second-order valence-corrected chi connectivity index (χ2v) is 10.7. The molecule has 220 valence electrons. The molecule has 0 aliphatic heterocycles. The van der Waals surface area contributed by atoms with E-state index in [-0.39, 0.29) is 21.1 Å². The maximum Gasteiger partial charge on any atom is 2.00 e. The van der Waals surface area contributed by atoms with E-state index in [1.165, 1.54) is 0 Å². The van der Waals surface area contributed by atoms with Crippen LogP contribution in [0.5, 0.6) is 17.4 Å². The van der Waals surface area contributed by atoms with E-state index >= 15 is 0 Å². The van der Waals surface area contributed by atoms with Crippen LogP contribution in [-0.4, -0.2) is 32.2 Å². The predicted molar refractivity (Wildman–Crippen MR) is 174 cm³/mol. The average Bonchev–Trinajstić information content (AvgIpc) is 3.57. The molecular formula is C36H28N4O2PtS. The van der Waals surface area contributed by atoms with Crippen molar-refractivity contribution in [1.82, 2.24) is 19.3 Å². The van der Waals surface area contributed by atoms with Crippen LogP contribution < -0.4 is 9.47 Å². The van der Waals surface area contributed by atoms with Crippen LogP contribution in [-0.2, 0) is 27.5 Å². The second-order valence-electron chi connectivity index (χ2n) is 10.2. The van der Waals surface area contributed by atoms with Crippen molar-refractivity contribution in [2.45, 2.75) is 13.3 Å². The maximum absolute atomic E-state index is 6.37. The fraction of sp³-hybridized carbons (Fsp3) is 0.111. The van der Waals surface area contributed by atoms with Gasteiger partial charge in [0.1, 0.15) is 5.82 Å². The second kappa shape index (κ2) is 12.7. The third kappa shape index (κ3) is 5.42. The quantitative estimate of drug-likeness (QED) is 0.125. The first-order valence-corrected chi connectivity index (χ1v) is 14.7. The van der Waals surface area contributed by atoms with Crippen LogP contribution in [0.2, 0.25) is 0 Å². The number of ether oxygens (including phenoxy) is 2. The molecule has 3 aromatic heterocycles. The fourth-order valence-corrected chi connectivity index (χ4v) is 5.77. The Labute approximate surface area is 275 Å². The summed E-state index contributed by atoms with van der Waals surface area (Å²) < 4.78 is 16.1. The number of nitrogens with zero attached hydrogens (tertiary/aromatic N) is 4. The van der Waals surface area contributed by atoms with E-state index < -0.39 is 0 Å². The summed E-state index contributed by atoms with van der Waals surface area (Å²) in [5.41, 5.74) is 6.83. The van der Waals surface area contributed by atoms with Gasteiger partial charge in [-0.1, -0.05) is 54.0 Å². The molecule has 0 unspecified atom stereocenters. The van der Waals surface area contributed by atoms with E-state index in [1.807, 2.05) is 65.5 Å². The van der Waals surface area contributed by atoms with Crippen molar-refractivity contribution in [3.05, 3.63) is 127 Å². The Morgan fingerprint density at radius 2 is 1.64 bits per heavy atom. The smallest absolute Gasteiger partial charge is 0.509 e. The van der Waals surface area contributed by atoms with Crippen molar-refractivity contribution >= 4 is 34.4 Å². The Morgan fingerprint density at radius 3 is 2.43 bits per heavy atom. The van der Waals surface area contributed by atoms with E-state index in [2.05, 4.69) is 83.7 Å². The third-order valence-corrected chi connectivity index (χ3v) is 7.66. The van der Waals surface area contributed by atoms with Crippen LogP contribution in [0.1, 0.15) is 11.3 Å². The van der Waals surface area contributed by atoms with E-state index in [0.717, 1.165) is 55.7 Å². The minimum absolute atomic E-state index is 0. The van der Waals surface area contributed by atoms with Gasteiger partial charge in [0.25, 0.3) is 0 Å². The summed E-state index contributed by atoms with van der Waals surface area (Å²) in [5, 5.41) is 7.03. The molecule has 44 heavy (non-hydrogen) atoms. The number of rotatable bonds is 8. The summed E-state index contributed by atoms with van der Waals surface area (Å²) in [5.74, 6) is 3.18. The first-order chi connectivity index (χ1) is 21.1. The van der Waals surface area contributed by atoms with Crippen molar-refractivity contribution in [2.24, 2.45) is 0 Å². The Balaban J connectivity index is 0.00000343. The molecule has 0 N–H and O–H groups in total. The van der Waals surface area contributed by atoms with Gasteiger partial charge in [-0.2, -0.15) is 24.8 Å². The minimum Gasteiger partial charge on any atom is -0.509 e. The first kappa shape index (κ1) is 29.7. The summed E-state index contributed by atoms with van der Waals surface area (Å²) in [7, 11) is 1.64. The van der Waals surface area contributed by atoms with Crippen molar-refractivity contribution in [3.8, 4) is 40.0 Å². The summed E-state index contributed by atoms with van der Waals surface area (Å²) in [4.78, 5) is 4.67. The molecule has 0 saturated heterocycles. The topological polar surface area (TPSA) is 54.1 Å². The third-order valence-electron chi connectivity index (χ3n) is 7.44. The molecule has 4 aromatic carbocycles. The molecule has 0 saturated carbocycles. The van der Waals surface area contributed by atoms with Crippen LogP contribution >= 0.6 is 12.6 Å². The van der Waals surface area contributed by atoms with E-state index in [1.54, 1.807) is 7.11 Å². The number of aromatic nitrogens is 4. The molecule has 0 amide bonds.